The average Bonchev–Trinajstić information content (AvgIpc) is 3.51. The maximum atomic E-state index is 12.5. The SMILES string of the molecule is [C-]#[N+]C[C@H]1CN(c2nc(OCC3(N4CCCC4)CCC3)nc3c2CCN(c2ccccc2Cl)C3)CCN1C(=O)C=C. The first kappa shape index (κ1) is 27.8. The Bertz CT molecular complexity index is 1330. The monoisotopic (exact) mass is 575 g/mol. The highest BCUT2D eigenvalue weighted by atomic mass is 35.5. The summed E-state index contributed by atoms with van der Waals surface area (Å²) < 4.78 is 6.48. The van der Waals surface area contributed by atoms with Crippen LogP contribution in [0, 0.1) is 6.57 Å². The van der Waals surface area contributed by atoms with Gasteiger partial charge in [-0.05, 0) is 69.8 Å². The van der Waals surface area contributed by atoms with E-state index in [9.17, 15) is 4.79 Å². The van der Waals surface area contributed by atoms with Crippen molar-refractivity contribution in [1.29, 1.82) is 0 Å². The van der Waals surface area contributed by atoms with Crippen LogP contribution in [0.1, 0.15) is 43.4 Å². The van der Waals surface area contributed by atoms with Crippen molar-refractivity contribution >= 4 is 29.0 Å². The molecule has 2 saturated heterocycles. The highest BCUT2D eigenvalue weighted by molar-refractivity contribution is 6.33. The van der Waals surface area contributed by atoms with Gasteiger partial charge in [-0.3, -0.25) is 9.69 Å². The second-order valence-electron chi connectivity index (χ2n) is 11.6. The lowest BCUT2D eigenvalue weighted by Crippen LogP contribution is -2.57. The summed E-state index contributed by atoms with van der Waals surface area (Å²) in [5.41, 5.74) is 3.16. The minimum Gasteiger partial charge on any atom is -0.461 e. The third-order valence-electron chi connectivity index (χ3n) is 9.29. The second-order valence-corrected chi connectivity index (χ2v) is 12.0. The standard InChI is InChI=1S/C31H38ClN7O2/c1-3-28(40)39-18-17-37(20-23(39)19-33-2)29-24-11-16-36(27-10-5-4-9-25(27)32)21-26(24)34-30(35-29)41-22-31(12-8-13-31)38-14-6-7-15-38/h3-5,9-10,23H,1,6-8,11-22H2/t23-/m0/s1. The Morgan fingerprint density at radius 1 is 1.12 bits per heavy atom. The summed E-state index contributed by atoms with van der Waals surface area (Å²) in [5, 5.41) is 0.726. The number of para-hydroxylation sites is 1. The van der Waals surface area contributed by atoms with Crippen LogP contribution in [0.25, 0.3) is 4.85 Å². The van der Waals surface area contributed by atoms with E-state index in [1.54, 1.807) is 4.90 Å². The molecule has 9 nitrogen and oxygen atoms in total. The highest BCUT2D eigenvalue weighted by Crippen LogP contribution is 2.40. The van der Waals surface area contributed by atoms with Gasteiger partial charge < -0.3 is 24.3 Å². The minimum atomic E-state index is -0.224. The van der Waals surface area contributed by atoms with E-state index in [0.29, 0.717) is 38.8 Å². The van der Waals surface area contributed by atoms with Gasteiger partial charge in [-0.15, -0.1) is 0 Å². The molecule has 4 aliphatic rings. The Balaban J connectivity index is 1.30. The molecule has 1 atom stereocenters. The molecule has 0 N–H and O–H groups in total. The molecule has 41 heavy (non-hydrogen) atoms. The van der Waals surface area contributed by atoms with Crippen molar-refractivity contribution in [2.24, 2.45) is 0 Å². The first-order valence-electron chi connectivity index (χ1n) is 14.8. The van der Waals surface area contributed by atoms with E-state index in [-0.39, 0.29) is 24.0 Å². The van der Waals surface area contributed by atoms with Crippen molar-refractivity contribution in [2.75, 3.05) is 62.2 Å². The summed E-state index contributed by atoms with van der Waals surface area (Å²) in [5.74, 6) is 0.739. The molecule has 0 bridgehead atoms. The summed E-state index contributed by atoms with van der Waals surface area (Å²) in [6, 6.07) is 8.12. The van der Waals surface area contributed by atoms with E-state index in [2.05, 4.69) is 26.1 Å². The van der Waals surface area contributed by atoms with E-state index in [4.69, 9.17) is 32.9 Å². The van der Waals surface area contributed by atoms with Gasteiger partial charge in [0.15, 0.2) is 0 Å². The third-order valence-corrected chi connectivity index (χ3v) is 9.61. The molecule has 1 aliphatic carbocycles. The summed E-state index contributed by atoms with van der Waals surface area (Å²) in [4.78, 5) is 35.0. The molecule has 1 saturated carbocycles. The Morgan fingerprint density at radius 2 is 1.93 bits per heavy atom. The number of ether oxygens (including phenoxy) is 1. The molecule has 0 radical (unpaired) electrons. The number of benzene rings is 1. The third kappa shape index (κ3) is 5.47. The summed E-state index contributed by atoms with van der Waals surface area (Å²) >= 11 is 6.57. The lowest BCUT2D eigenvalue weighted by Gasteiger charge is -2.48. The second kappa shape index (κ2) is 11.9. The van der Waals surface area contributed by atoms with Crippen molar-refractivity contribution in [3.05, 3.63) is 64.6 Å². The van der Waals surface area contributed by atoms with Crippen molar-refractivity contribution in [3.8, 4) is 6.01 Å². The van der Waals surface area contributed by atoms with Crippen LogP contribution >= 0.6 is 11.6 Å². The van der Waals surface area contributed by atoms with Gasteiger partial charge in [-0.25, -0.2) is 6.57 Å². The Morgan fingerprint density at radius 3 is 2.63 bits per heavy atom. The van der Waals surface area contributed by atoms with E-state index in [0.717, 1.165) is 66.7 Å². The van der Waals surface area contributed by atoms with Crippen molar-refractivity contribution < 1.29 is 9.53 Å². The van der Waals surface area contributed by atoms with Gasteiger partial charge in [0, 0.05) is 31.7 Å². The lowest BCUT2D eigenvalue weighted by atomic mass is 9.76. The van der Waals surface area contributed by atoms with Crippen LogP contribution in [0.15, 0.2) is 36.9 Å². The Hall–Kier alpha value is -3.35. The quantitative estimate of drug-likeness (QED) is 0.345. The number of anilines is 2. The zero-order chi connectivity index (χ0) is 28.4. The fraction of sp³-hybridized carbons (Fsp3) is 0.548. The van der Waals surface area contributed by atoms with Crippen LogP contribution in [-0.2, 0) is 17.8 Å². The summed E-state index contributed by atoms with van der Waals surface area (Å²) in [6.07, 6.45) is 8.17. The molecule has 1 amide bonds. The number of carbonyl (C=O) groups excluding carboxylic acids is 1. The van der Waals surface area contributed by atoms with E-state index < -0.39 is 0 Å². The Kier molecular flexibility index (Phi) is 8.05. The van der Waals surface area contributed by atoms with Gasteiger partial charge >= 0.3 is 6.01 Å². The molecule has 10 heteroatoms. The number of hydrogen-bond donors (Lipinski definition) is 0. The topological polar surface area (TPSA) is 69.4 Å². The van der Waals surface area contributed by atoms with Crippen LogP contribution in [0.2, 0.25) is 5.02 Å². The zero-order valence-electron chi connectivity index (χ0n) is 23.6. The molecule has 0 unspecified atom stereocenters. The van der Waals surface area contributed by atoms with Crippen LogP contribution in [0.5, 0.6) is 6.01 Å². The number of carbonyl (C=O) groups is 1. The fourth-order valence-corrected chi connectivity index (χ4v) is 7.13. The van der Waals surface area contributed by atoms with E-state index >= 15 is 0 Å². The number of rotatable bonds is 8. The number of aromatic nitrogens is 2. The lowest BCUT2D eigenvalue weighted by molar-refractivity contribution is -0.128. The highest BCUT2D eigenvalue weighted by Gasteiger charge is 2.44. The molecule has 2 aromatic rings. The van der Waals surface area contributed by atoms with Gasteiger partial charge in [0.05, 0.1) is 28.5 Å². The predicted octanol–water partition coefficient (Wildman–Crippen LogP) is 4.21. The number of likely N-dealkylation sites (tertiary alicyclic amines) is 1. The molecule has 1 aromatic heterocycles. The van der Waals surface area contributed by atoms with E-state index in [1.807, 2.05) is 24.3 Å². The van der Waals surface area contributed by atoms with Crippen molar-refractivity contribution in [1.82, 2.24) is 19.8 Å². The van der Waals surface area contributed by atoms with Crippen LogP contribution in [-0.4, -0.2) is 89.7 Å². The number of fused-ring (bicyclic) bond motifs is 1. The molecule has 1 aromatic carbocycles. The zero-order valence-corrected chi connectivity index (χ0v) is 24.4. The van der Waals surface area contributed by atoms with Crippen molar-refractivity contribution in [3.63, 3.8) is 0 Å². The molecular weight excluding hydrogens is 538 g/mol. The average molecular weight is 576 g/mol. The minimum absolute atomic E-state index is 0.0942. The number of hydrogen-bond acceptors (Lipinski definition) is 7. The number of amides is 1. The van der Waals surface area contributed by atoms with Crippen LogP contribution < -0.4 is 14.5 Å². The van der Waals surface area contributed by atoms with E-state index in [1.165, 1.54) is 25.3 Å². The van der Waals surface area contributed by atoms with Crippen LogP contribution in [0.3, 0.4) is 0 Å². The van der Waals surface area contributed by atoms with Gasteiger partial charge in [-0.1, -0.05) is 30.3 Å². The molecular formula is C31H38ClN7O2. The molecule has 3 aliphatic heterocycles. The first-order valence-corrected chi connectivity index (χ1v) is 15.2. The summed E-state index contributed by atoms with van der Waals surface area (Å²) in [6.45, 7) is 17.4. The molecule has 0 spiro atoms. The number of nitrogens with zero attached hydrogens (tertiary/aromatic N) is 7. The fourth-order valence-electron chi connectivity index (χ4n) is 6.87. The molecule has 216 valence electrons. The molecule has 6 rings (SSSR count). The van der Waals surface area contributed by atoms with Gasteiger partial charge in [0.25, 0.3) is 0 Å². The largest absolute Gasteiger partial charge is 0.461 e. The molecule has 4 heterocycles. The predicted molar refractivity (Wildman–Crippen MR) is 161 cm³/mol. The van der Waals surface area contributed by atoms with Crippen molar-refractivity contribution in [2.45, 2.75) is 56.7 Å². The van der Waals surface area contributed by atoms with Gasteiger partial charge in [0.1, 0.15) is 18.5 Å². The van der Waals surface area contributed by atoms with Gasteiger partial charge in [0.2, 0.25) is 12.5 Å². The number of piperazine rings is 1. The number of halogens is 1. The maximum absolute atomic E-state index is 12.5. The normalized spacial score (nSPS) is 22.0. The van der Waals surface area contributed by atoms with Gasteiger partial charge in [-0.2, -0.15) is 9.97 Å². The molecule has 3 fully saturated rings. The summed E-state index contributed by atoms with van der Waals surface area (Å²) in [7, 11) is 0. The Labute approximate surface area is 247 Å². The van der Waals surface area contributed by atoms with Crippen LogP contribution in [0.4, 0.5) is 11.5 Å². The first-order chi connectivity index (χ1) is 20.0. The maximum Gasteiger partial charge on any atom is 0.318 e. The smallest absolute Gasteiger partial charge is 0.318 e.